The van der Waals surface area contributed by atoms with Gasteiger partial charge in [-0.25, -0.2) is 4.98 Å². The number of alkyl halides is 2. The van der Waals surface area contributed by atoms with Gasteiger partial charge in [0, 0.05) is 24.1 Å². The van der Waals surface area contributed by atoms with Crippen molar-refractivity contribution in [1.29, 1.82) is 0 Å². The lowest BCUT2D eigenvalue weighted by molar-refractivity contribution is -0.252. The van der Waals surface area contributed by atoms with E-state index in [0.29, 0.717) is 22.7 Å². The second kappa shape index (κ2) is 11.1. The predicted octanol–water partition coefficient (Wildman–Crippen LogP) is 1.31. The van der Waals surface area contributed by atoms with Gasteiger partial charge in [-0.2, -0.15) is 8.78 Å². The molecule has 0 saturated carbocycles. The van der Waals surface area contributed by atoms with Gasteiger partial charge in [-0.15, -0.1) is 0 Å². The summed E-state index contributed by atoms with van der Waals surface area (Å²) < 4.78 is 47.9. The van der Waals surface area contributed by atoms with Gasteiger partial charge < -0.3 is 39.4 Å². The second-order valence-electron chi connectivity index (χ2n) is 7.79. The Morgan fingerprint density at radius 2 is 1.89 bits per heavy atom. The smallest absolute Gasteiger partial charge is 0.387 e. The maximum atomic E-state index is 12.7. The molecule has 14 heteroatoms. The molecule has 11 nitrogen and oxygen atoms in total. The molecule has 5 atom stereocenters. The highest BCUT2D eigenvalue weighted by Crippen LogP contribution is 2.39. The predicted molar refractivity (Wildman–Crippen MR) is 122 cm³/mol. The summed E-state index contributed by atoms with van der Waals surface area (Å²) in [6.07, 6.45) is -5.66. The van der Waals surface area contributed by atoms with Gasteiger partial charge in [-0.1, -0.05) is 11.8 Å². The van der Waals surface area contributed by atoms with E-state index in [1.54, 1.807) is 12.3 Å². The van der Waals surface area contributed by atoms with Gasteiger partial charge in [-0.05, 0) is 12.1 Å². The molecule has 3 heterocycles. The van der Waals surface area contributed by atoms with E-state index >= 15 is 0 Å². The molecule has 0 aliphatic carbocycles. The Kier molecular flexibility index (Phi) is 8.12. The number of benzene rings is 1. The largest absolute Gasteiger partial charge is 0.493 e. The molecule has 0 amide bonds. The minimum absolute atomic E-state index is 0.122. The van der Waals surface area contributed by atoms with Crippen LogP contribution in [0.25, 0.3) is 11.0 Å². The molecule has 1 aliphatic rings. The molecule has 2 aromatic heterocycles. The molecule has 3 aromatic rings. The summed E-state index contributed by atoms with van der Waals surface area (Å²) in [6.45, 7) is -3.65. The highest BCUT2D eigenvalue weighted by molar-refractivity contribution is 7.98. The molecular formula is C22H25F2N3O8S. The Bertz CT molecular complexity index is 1200. The van der Waals surface area contributed by atoms with Crippen LogP contribution < -0.4 is 14.2 Å². The molecule has 4 rings (SSSR count). The number of nitrogens with zero attached hydrogens (tertiary/aromatic N) is 3. The zero-order valence-electron chi connectivity index (χ0n) is 19.2. The standard InChI is InChI=1S/C22H25F2N3O8S/c1-32-14-5-6-25-12(19(14)33-2)9-36-22-26-11-7-10(34-21(23)24)3-4-13(11)27(22)20-18(31)17(30)16(29)15(8-28)35-20/h3-7,15-18,20-21,28-31H,8-9H2,1-2H3/t15-,16-,17+,18-,20-/m1/s1. The summed E-state index contributed by atoms with van der Waals surface area (Å²) in [4.78, 5) is 8.83. The topological polar surface area (TPSA) is 149 Å². The number of methoxy groups -OCH3 is 2. The van der Waals surface area contributed by atoms with Gasteiger partial charge >= 0.3 is 6.61 Å². The van der Waals surface area contributed by atoms with Crippen LogP contribution in [0.4, 0.5) is 8.78 Å². The average Bonchev–Trinajstić information content (AvgIpc) is 3.22. The Hall–Kier alpha value is -2.75. The number of pyridine rings is 1. The van der Waals surface area contributed by atoms with Crippen molar-refractivity contribution in [3.8, 4) is 17.2 Å². The lowest BCUT2D eigenvalue weighted by atomic mass is 9.98. The number of halogens is 2. The number of fused-ring (bicyclic) bond motifs is 1. The van der Waals surface area contributed by atoms with E-state index in [1.165, 1.54) is 48.7 Å². The van der Waals surface area contributed by atoms with Crippen molar-refractivity contribution in [3.05, 3.63) is 36.2 Å². The van der Waals surface area contributed by atoms with Crippen LogP contribution in [0.15, 0.2) is 35.6 Å². The van der Waals surface area contributed by atoms with Crippen LogP contribution in [0.1, 0.15) is 11.9 Å². The number of rotatable bonds is 9. The molecule has 1 aliphatic heterocycles. The van der Waals surface area contributed by atoms with Crippen molar-refractivity contribution < 1.29 is 48.2 Å². The van der Waals surface area contributed by atoms with Crippen LogP contribution in [0, 0.1) is 0 Å². The minimum Gasteiger partial charge on any atom is -0.493 e. The van der Waals surface area contributed by atoms with Gasteiger partial charge in [0.1, 0.15) is 30.2 Å². The average molecular weight is 530 g/mol. The SMILES string of the molecule is COc1ccnc(CSc2nc3cc(OC(F)F)ccc3n2[C@@H]2O[C@H](CO)[C@@H](O)[C@H](O)[C@H]2O)c1OC. The monoisotopic (exact) mass is 529 g/mol. The molecule has 0 bridgehead atoms. The molecule has 0 unspecified atom stereocenters. The molecule has 1 fully saturated rings. The van der Waals surface area contributed by atoms with E-state index in [0.717, 1.165) is 0 Å². The number of aromatic nitrogens is 3. The van der Waals surface area contributed by atoms with Crippen LogP contribution in [-0.4, -0.2) is 86.8 Å². The molecule has 4 N–H and O–H groups in total. The zero-order valence-corrected chi connectivity index (χ0v) is 20.0. The number of hydrogen-bond donors (Lipinski definition) is 4. The molecule has 0 radical (unpaired) electrons. The van der Waals surface area contributed by atoms with E-state index in [1.807, 2.05) is 0 Å². The minimum atomic E-state index is -3.03. The Morgan fingerprint density at radius 3 is 2.56 bits per heavy atom. The van der Waals surface area contributed by atoms with Gasteiger partial charge in [0.15, 0.2) is 22.9 Å². The first-order valence-electron chi connectivity index (χ1n) is 10.7. The van der Waals surface area contributed by atoms with E-state index in [-0.39, 0.29) is 22.2 Å². The Morgan fingerprint density at radius 1 is 1.11 bits per heavy atom. The number of imidazole rings is 1. The molecular weight excluding hydrogens is 504 g/mol. The third-order valence-corrected chi connectivity index (χ3v) is 6.64. The summed E-state index contributed by atoms with van der Waals surface area (Å²) in [7, 11) is 2.97. The lowest BCUT2D eigenvalue weighted by Crippen LogP contribution is -2.56. The van der Waals surface area contributed by atoms with Gasteiger partial charge in [-0.3, -0.25) is 9.55 Å². The first-order chi connectivity index (χ1) is 17.3. The fourth-order valence-electron chi connectivity index (χ4n) is 3.96. The molecule has 0 spiro atoms. The fourth-order valence-corrected chi connectivity index (χ4v) is 4.94. The summed E-state index contributed by atoms with van der Waals surface area (Å²) >= 11 is 1.17. The fraction of sp³-hybridized carbons (Fsp3) is 0.455. The highest BCUT2D eigenvalue weighted by atomic mass is 32.2. The third-order valence-electron chi connectivity index (χ3n) is 5.68. The number of aliphatic hydroxyl groups excluding tert-OH is 4. The summed E-state index contributed by atoms with van der Waals surface area (Å²) in [5.74, 6) is 0.986. The van der Waals surface area contributed by atoms with Crippen molar-refractivity contribution in [3.63, 3.8) is 0 Å². The first kappa shape index (κ1) is 26.3. The van der Waals surface area contributed by atoms with Crippen molar-refractivity contribution in [1.82, 2.24) is 14.5 Å². The van der Waals surface area contributed by atoms with Crippen LogP contribution in [0.3, 0.4) is 0 Å². The number of aliphatic hydroxyl groups is 4. The van der Waals surface area contributed by atoms with E-state index in [9.17, 15) is 29.2 Å². The van der Waals surface area contributed by atoms with E-state index < -0.39 is 43.9 Å². The maximum Gasteiger partial charge on any atom is 0.387 e. The van der Waals surface area contributed by atoms with Gasteiger partial charge in [0.05, 0.1) is 37.6 Å². The van der Waals surface area contributed by atoms with Crippen LogP contribution in [-0.2, 0) is 10.5 Å². The molecule has 1 aromatic carbocycles. The van der Waals surface area contributed by atoms with Crippen molar-refractivity contribution in [2.45, 2.75) is 48.2 Å². The molecule has 1 saturated heterocycles. The second-order valence-corrected chi connectivity index (χ2v) is 8.74. The normalized spacial score (nSPS) is 24.3. The van der Waals surface area contributed by atoms with Crippen molar-refractivity contribution >= 4 is 22.8 Å². The summed E-state index contributed by atoms with van der Waals surface area (Å²) in [6, 6.07) is 5.70. The first-order valence-corrected chi connectivity index (χ1v) is 11.7. The summed E-state index contributed by atoms with van der Waals surface area (Å²) in [5.41, 5.74) is 1.14. The summed E-state index contributed by atoms with van der Waals surface area (Å²) in [5, 5.41) is 41.1. The number of ether oxygens (including phenoxy) is 4. The molecule has 196 valence electrons. The van der Waals surface area contributed by atoms with Crippen molar-refractivity contribution in [2.24, 2.45) is 0 Å². The Labute approximate surface area is 208 Å². The van der Waals surface area contributed by atoms with Crippen LogP contribution in [0.5, 0.6) is 17.2 Å². The maximum absolute atomic E-state index is 12.7. The third kappa shape index (κ3) is 5.05. The Balaban J connectivity index is 1.76. The number of thioether (sulfide) groups is 1. The van der Waals surface area contributed by atoms with E-state index in [2.05, 4.69) is 14.7 Å². The van der Waals surface area contributed by atoms with Gasteiger partial charge in [0.25, 0.3) is 0 Å². The van der Waals surface area contributed by atoms with Crippen LogP contribution in [0.2, 0.25) is 0 Å². The van der Waals surface area contributed by atoms with Crippen molar-refractivity contribution in [2.75, 3.05) is 20.8 Å². The lowest BCUT2D eigenvalue weighted by Gasteiger charge is -2.40. The molecule has 36 heavy (non-hydrogen) atoms. The van der Waals surface area contributed by atoms with E-state index in [4.69, 9.17) is 14.2 Å². The van der Waals surface area contributed by atoms with Crippen LogP contribution >= 0.6 is 11.8 Å². The number of hydrogen-bond acceptors (Lipinski definition) is 11. The van der Waals surface area contributed by atoms with Gasteiger partial charge in [0.2, 0.25) is 0 Å². The quantitative estimate of drug-likeness (QED) is 0.297. The highest BCUT2D eigenvalue weighted by Gasteiger charge is 2.45. The zero-order chi connectivity index (χ0) is 26.0.